The molecule has 0 heterocycles. The molecule has 0 fully saturated rings. The monoisotopic (exact) mass is 284 g/mol. The Hall–Kier alpha value is -1.73. The average Bonchev–Trinajstić information content (AvgIpc) is 2.37. The summed E-state index contributed by atoms with van der Waals surface area (Å²) in [6.07, 6.45) is 0.292. The predicted octanol–water partition coefficient (Wildman–Crippen LogP) is 0.385. The number of likely N-dealkylation sites (N-methyl/N-ethyl adjacent to an activating group) is 1. The van der Waals surface area contributed by atoms with E-state index < -0.39 is 22.5 Å². The van der Waals surface area contributed by atoms with E-state index in [0.29, 0.717) is 12.0 Å². The minimum Gasteiger partial charge on any atom is -0.369 e. The number of amides is 1. The van der Waals surface area contributed by atoms with Crippen molar-refractivity contribution in [3.8, 4) is 0 Å². The number of nitrogens with two attached hydrogens (primary N) is 1. The van der Waals surface area contributed by atoms with Gasteiger partial charge < -0.3 is 5.73 Å². The lowest BCUT2D eigenvalue weighted by atomic mass is 10.1. The Labute approximate surface area is 112 Å². The largest absolute Gasteiger partial charge is 0.369 e. The molecule has 7 heteroatoms. The van der Waals surface area contributed by atoms with E-state index in [9.17, 15) is 18.0 Å². The summed E-state index contributed by atoms with van der Waals surface area (Å²) < 4.78 is 25.1. The van der Waals surface area contributed by atoms with Gasteiger partial charge in [-0.05, 0) is 12.1 Å². The molecular weight excluding hydrogens is 268 g/mol. The Morgan fingerprint density at radius 3 is 2.47 bits per heavy atom. The minimum atomic E-state index is -3.82. The maximum Gasteiger partial charge on any atom is 0.243 e. The van der Waals surface area contributed by atoms with E-state index in [-0.39, 0.29) is 10.7 Å². The highest BCUT2D eigenvalue weighted by Crippen LogP contribution is 2.16. The second kappa shape index (κ2) is 5.94. The van der Waals surface area contributed by atoms with Crippen molar-refractivity contribution in [2.45, 2.75) is 18.2 Å². The van der Waals surface area contributed by atoms with Gasteiger partial charge in [-0.1, -0.05) is 19.1 Å². The summed E-state index contributed by atoms with van der Waals surface area (Å²) in [7, 11) is -2.56. The lowest BCUT2D eigenvalue weighted by molar-refractivity contribution is -0.118. The topological polar surface area (TPSA) is 97.5 Å². The molecule has 1 aromatic rings. The first kappa shape index (κ1) is 15.3. The van der Waals surface area contributed by atoms with Crippen LogP contribution in [0.15, 0.2) is 29.2 Å². The number of Topliss-reactive ketones (excluding diaryl/α,β-unsaturated/α-hetero) is 1. The molecule has 0 bridgehead atoms. The van der Waals surface area contributed by atoms with Gasteiger partial charge in [0, 0.05) is 19.0 Å². The number of benzene rings is 1. The summed E-state index contributed by atoms with van der Waals surface area (Å²) in [5, 5.41) is 0. The maximum atomic E-state index is 12.1. The van der Waals surface area contributed by atoms with Crippen molar-refractivity contribution in [2.24, 2.45) is 5.73 Å². The van der Waals surface area contributed by atoms with Crippen LogP contribution in [0.4, 0.5) is 0 Å². The molecule has 0 saturated heterocycles. The third-order valence-electron chi connectivity index (χ3n) is 2.56. The van der Waals surface area contributed by atoms with Crippen molar-refractivity contribution >= 4 is 21.7 Å². The number of rotatable bonds is 6. The molecule has 1 rings (SSSR count). The fourth-order valence-electron chi connectivity index (χ4n) is 1.52. The number of ketones is 1. The van der Waals surface area contributed by atoms with Gasteiger partial charge in [-0.2, -0.15) is 4.31 Å². The van der Waals surface area contributed by atoms with Crippen LogP contribution in [0, 0.1) is 0 Å². The van der Waals surface area contributed by atoms with Crippen LogP contribution in [0.5, 0.6) is 0 Å². The SMILES string of the molecule is CCC(=O)c1cccc(S(=O)(=O)N(C)CC(N)=O)c1. The van der Waals surface area contributed by atoms with Crippen LogP contribution in [-0.2, 0) is 14.8 Å². The number of hydrogen-bond donors (Lipinski definition) is 1. The minimum absolute atomic E-state index is 0.0319. The van der Waals surface area contributed by atoms with Crippen molar-refractivity contribution in [1.82, 2.24) is 4.31 Å². The van der Waals surface area contributed by atoms with Crippen molar-refractivity contribution < 1.29 is 18.0 Å². The maximum absolute atomic E-state index is 12.1. The first-order chi connectivity index (χ1) is 8.78. The van der Waals surface area contributed by atoms with Gasteiger partial charge in [0.1, 0.15) is 0 Å². The number of nitrogens with zero attached hydrogens (tertiary/aromatic N) is 1. The van der Waals surface area contributed by atoms with Crippen LogP contribution in [0.2, 0.25) is 0 Å². The van der Waals surface area contributed by atoms with Crippen molar-refractivity contribution in [3.05, 3.63) is 29.8 Å². The van der Waals surface area contributed by atoms with Crippen LogP contribution in [-0.4, -0.2) is 38.0 Å². The second-order valence-corrected chi connectivity index (χ2v) is 6.08. The molecule has 1 amide bonds. The Balaban J connectivity index is 3.15. The van der Waals surface area contributed by atoms with Gasteiger partial charge in [-0.15, -0.1) is 0 Å². The molecule has 0 aliphatic carbocycles. The average molecular weight is 284 g/mol. The number of carbonyl (C=O) groups is 2. The van der Waals surface area contributed by atoms with E-state index in [1.54, 1.807) is 13.0 Å². The van der Waals surface area contributed by atoms with Crippen LogP contribution in [0.1, 0.15) is 23.7 Å². The van der Waals surface area contributed by atoms with Gasteiger partial charge in [-0.25, -0.2) is 8.42 Å². The number of hydrogen-bond acceptors (Lipinski definition) is 4. The summed E-state index contributed by atoms with van der Waals surface area (Å²) in [4.78, 5) is 22.3. The molecule has 6 nitrogen and oxygen atoms in total. The fraction of sp³-hybridized carbons (Fsp3) is 0.333. The quantitative estimate of drug-likeness (QED) is 0.764. The third kappa shape index (κ3) is 3.62. The number of primary amides is 1. The van der Waals surface area contributed by atoms with E-state index in [1.807, 2.05) is 0 Å². The van der Waals surface area contributed by atoms with Crippen LogP contribution in [0.3, 0.4) is 0 Å². The lowest BCUT2D eigenvalue weighted by Crippen LogP contribution is -2.35. The molecule has 0 aromatic heterocycles. The highest BCUT2D eigenvalue weighted by atomic mass is 32.2. The summed E-state index contributed by atoms with van der Waals surface area (Å²) in [6, 6.07) is 5.73. The standard InChI is InChI=1S/C12H16N2O4S/c1-3-11(15)9-5-4-6-10(7-9)19(17,18)14(2)8-12(13)16/h4-7H,3,8H2,1-2H3,(H2,13,16). The van der Waals surface area contributed by atoms with Crippen molar-refractivity contribution in [2.75, 3.05) is 13.6 Å². The van der Waals surface area contributed by atoms with Gasteiger partial charge in [-0.3, -0.25) is 9.59 Å². The summed E-state index contributed by atoms with van der Waals surface area (Å²) in [6.45, 7) is 1.29. The highest BCUT2D eigenvalue weighted by molar-refractivity contribution is 7.89. The molecule has 1 aromatic carbocycles. The van der Waals surface area contributed by atoms with Crippen LogP contribution in [0.25, 0.3) is 0 Å². The normalized spacial score (nSPS) is 11.5. The molecule has 2 N–H and O–H groups in total. The molecule has 0 atom stereocenters. The van der Waals surface area contributed by atoms with Crippen molar-refractivity contribution in [1.29, 1.82) is 0 Å². The van der Waals surface area contributed by atoms with Crippen molar-refractivity contribution in [3.63, 3.8) is 0 Å². The molecule has 0 aliphatic rings. The first-order valence-corrected chi connectivity index (χ1v) is 7.11. The number of sulfonamides is 1. The van der Waals surface area contributed by atoms with Gasteiger partial charge in [0.2, 0.25) is 15.9 Å². The van der Waals surface area contributed by atoms with Gasteiger partial charge in [0.25, 0.3) is 0 Å². The van der Waals surface area contributed by atoms with E-state index in [2.05, 4.69) is 0 Å². The molecule has 19 heavy (non-hydrogen) atoms. The van der Waals surface area contributed by atoms with Gasteiger partial charge >= 0.3 is 0 Å². The lowest BCUT2D eigenvalue weighted by Gasteiger charge is -2.15. The zero-order valence-electron chi connectivity index (χ0n) is 10.8. The zero-order valence-corrected chi connectivity index (χ0v) is 11.6. The van der Waals surface area contributed by atoms with E-state index in [4.69, 9.17) is 5.73 Å². The Morgan fingerprint density at radius 2 is 1.95 bits per heavy atom. The molecular formula is C12H16N2O4S. The van der Waals surface area contributed by atoms with E-state index in [0.717, 1.165) is 4.31 Å². The van der Waals surface area contributed by atoms with Gasteiger partial charge in [0.15, 0.2) is 5.78 Å². The Bertz CT molecular complexity index is 596. The number of carbonyl (C=O) groups excluding carboxylic acids is 2. The Kier molecular flexibility index (Phi) is 4.79. The van der Waals surface area contributed by atoms with Gasteiger partial charge in [0.05, 0.1) is 11.4 Å². The summed E-state index contributed by atoms with van der Waals surface area (Å²) in [5.41, 5.74) is 5.30. The zero-order chi connectivity index (χ0) is 14.6. The fourth-order valence-corrected chi connectivity index (χ4v) is 2.70. The van der Waals surface area contributed by atoms with Crippen LogP contribution < -0.4 is 5.73 Å². The molecule has 104 valence electrons. The summed E-state index contributed by atoms with van der Waals surface area (Å²) >= 11 is 0. The first-order valence-electron chi connectivity index (χ1n) is 5.67. The predicted molar refractivity (Wildman–Crippen MR) is 70.1 cm³/mol. The van der Waals surface area contributed by atoms with Crippen LogP contribution >= 0.6 is 0 Å². The Morgan fingerprint density at radius 1 is 1.32 bits per heavy atom. The highest BCUT2D eigenvalue weighted by Gasteiger charge is 2.22. The van der Waals surface area contributed by atoms with E-state index >= 15 is 0 Å². The third-order valence-corrected chi connectivity index (χ3v) is 4.36. The smallest absolute Gasteiger partial charge is 0.243 e. The molecule has 0 aliphatic heterocycles. The summed E-state index contributed by atoms with van der Waals surface area (Å²) in [5.74, 6) is -0.888. The molecule has 0 spiro atoms. The molecule has 0 radical (unpaired) electrons. The molecule has 0 unspecified atom stereocenters. The molecule has 0 saturated carbocycles. The van der Waals surface area contributed by atoms with E-state index in [1.165, 1.54) is 25.2 Å². The second-order valence-electron chi connectivity index (χ2n) is 4.03.